The van der Waals surface area contributed by atoms with E-state index in [4.69, 9.17) is 5.11 Å². The van der Waals surface area contributed by atoms with Crippen LogP contribution in [0.15, 0.2) is 10.1 Å². The van der Waals surface area contributed by atoms with Gasteiger partial charge in [-0.15, -0.1) is 10.5 Å². The van der Waals surface area contributed by atoms with Gasteiger partial charge in [0.25, 0.3) is 0 Å². The van der Waals surface area contributed by atoms with Crippen LogP contribution >= 0.6 is 0 Å². The molecule has 1 rings (SSSR count). The molecule has 0 saturated heterocycles. The largest absolute Gasteiger partial charge is 0.481 e. The minimum absolute atomic E-state index is 0.146. The van der Waals surface area contributed by atoms with E-state index in [-0.39, 0.29) is 12.3 Å². The highest BCUT2D eigenvalue weighted by molar-refractivity contribution is 6.06. The second kappa shape index (κ2) is 3.14. The Morgan fingerprint density at radius 2 is 2.27 bits per heavy atom. The van der Waals surface area contributed by atoms with E-state index in [0.717, 1.165) is 0 Å². The van der Waals surface area contributed by atoms with E-state index in [2.05, 4.69) is 15.5 Å². The molecule has 5 nitrogen and oxygen atoms in total. The molecule has 1 aliphatic heterocycles. The Bertz CT molecular complexity index is 232. The molecule has 0 aromatic carbocycles. The van der Waals surface area contributed by atoms with Crippen LogP contribution in [0.25, 0.3) is 0 Å². The van der Waals surface area contributed by atoms with E-state index >= 15 is 0 Å². The Morgan fingerprint density at radius 1 is 1.55 bits per heavy atom. The molecule has 0 bridgehead atoms. The molecule has 0 atom stereocenters. The fourth-order valence-corrected chi connectivity index (χ4v) is 0.669. The summed E-state index contributed by atoms with van der Waals surface area (Å²) in [5, 5.41) is 11.9. The van der Waals surface area contributed by atoms with Gasteiger partial charge in [0.1, 0.15) is 6.42 Å². The predicted molar refractivity (Wildman–Crippen MR) is 39.5 cm³/mol. The van der Waals surface area contributed by atoms with Crippen molar-refractivity contribution >= 4 is 17.6 Å². The first-order valence-corrected chi connectivity index (χ1v) is 3.29. The fourth-order valence-electron chi connectivity index (χ4n) is 0.669. The fraction of sp³-hybridized carbons (Fsp3) is 0.500. The Labute approximate surface area is 63.8 Å². The number of hydrogen-bond donors (Lipinski definition) is 1. The number of rotatable bonds is 3. The first kappa shape index (κ1) is 7.71. The molecule has 0 unspecified atom stereocenters. The van der Waals surface area contributed by atoms with E-state index in [1.54, 1.807) is 0 Å². The van der Waals surface area contributed by atoms with Crippen LogP contribution in [-0.2, 0) is 4.79 Å². The highest BCUT2D eigenvalue weighted by Crippen LogP contribution is 1.99. The van der Waals surface area contributed by atoms with Gasteiger partial charge in [-0.05, 0) is 0 Å². The summed E-state index contributed by atoms with van der Waals surface area (Å²) in [6.45, 7) is 1.89. The average Bonchev–Trinajstić information content (AvgIpc) is 2.34. The molecule has 0 amide bonds. The van der Waals surface area contributed by atoms with Crippen LogP contribution in [0, 0.1) is 0 Å². The van der Waals surface area contributed by atoms with Crippen LogP contribution in [0.5, 0.6) is 0 Å². The van der Waals surface area contributed by atoms with E-state index in [1.807, 2.05) is 6.92 Å². The SMILES string of the molecule is CCC1=NC(CC(=O)O)=N[N]1. The van der Waals surface area contributed by atoms with E-state index < -0.39 is 5.97 Å². The van der Waals surface area contributed by atoms with E-state index in [9.17, 15) is 4.79 Å². The maximum absolute atomic E-state index is 10.2. The second-order valence-corrected chi connectivity index (χ2v) is 2.07. The van der Waals surface area contributed by atoms with Gasteiger partial charge in [-0.1, -0.05) is 6.92 Å². The molecule has 0 aliphatic carbocycles. The van der Waals surface area contributed by atoms with Gasteiger partial charge in [-0.25, -0.2) is 4.99 Å². The zero-order chi connectivity index (χ0) is 8.27. The molecular formula is C6H8N3O2. The minimum atomic E-state index is -0.931. The Balaban J connectivity index is 2.50. The van der Waals surface area contributed by atoms with Gasteiger partial charge in [0.05, 0.1) is 0 Å². The van der Waals surface area contributed by atoms with Crippen LogP contribution < -0.4 is 5.43 Å². The van der Waals surface area contributed by atoms with Gasteiger partial charge in [0.2, 0.25) is 0 Å². The van der Waals surface area contributed by atoms with Crippen molar-refractivity contribution in [1.82, 2.24) is 5.43 Å². The number of hydrogen-bond acceptors (Lipinski definition) is 3. The van der Waals surface area contributed by atoms with Crippen LogP contribution in [0.1, 0.15) is 19.8 Å². The summed E-state index contributed by atoms with van der Waals surface area (Å²) in [6, 6.07) is 0. The van der Waals surface area contributed by atoms with Crippen molar-refractivity contribution in [3.05, 3.63) is 0 Å². The van der Waals surface area contributed by atoms with E-state index in [1.165, 1.54) is 0 Å². The number of nitrogens with zero attached hydrogens (tertiary/aromatic N) is 3. The second-order valence-electron chi connectivity index (χ2n) is 2.07. The van der Waals surface area contributed by atoms with Crippen molar-refractivity contribution in [1.29, 1.82) is 0 Å². The van der Waals surface area contributed by atoms with Crippen molar-refractivity contribution in [3.63, 3.8) is 0 Å². The molecule has 1 N–H and O–H groups in total. The highest BCUT2D eigenvalue weighted by atomic mass is 16.4. The zero-order valence-corrected chi connectivity index (χ0v) is 6.11. The van der Waals surface area contributed by atoms with Crippen LogP contribution in [-0.4, -0.2) is 22.7 Å². The quantitative estimate of drug-likeness (QED) is 0.630. The zero-order valence-electron chi connectivity index (χ0n) is 6.11. The average molecular weight is 154 g/mol. The number of carboxylic acids is 1. The smallest absolute Gasteiger partial charge is 0.311 e. The van der Waals surface area contributed by atoms with Crippen LogP contribution in [0.2, 0.25) is 0 Å². The predicted octanol–water partition coefficient (Wildman–Crippen LogP) is 0.201. The minimum Gasteiger partial charge on any atom is -0.481 e. The summed E-state index contributed by atoms with van der Waals surface area (Å²) < 4.78 is 0. The molecule has 59 valence electrons. The molecule has 5 heteroatoms. The topological polar surface area (TPSA) is 76.1 Å². The molecule has 0 aromatic rings. The van der Waals surface area contributed by atoms with Crippen molar-refractivity contribution in [2.45, 2.75) is 19.8 Å². The Kier molecular flexibility index (Phi) is 2.20. The molecule has 1 aliphatic rings. The van der Waals surface area contributed by atoms with Gasteiger partial charge in [-0.3, -0.25) is 4.79 Å². The summed E-state index contributed by atoms with van der Waals surface area (Å²) in [5.74, 6) is -0.0457. The third-order valence-corrected chi connectivity index (χ3v) is 1.16. The monoisotopic (exact) mass is 154 g/mol. The lowest BCUT2D eigenvalue weighted by molar-refractivity contribution is -0.135. The lowest BCUT2D eigenvalue weighted by Crippen LogP contribution is -2.02. The van der Waals surface area contributed by atoms with Crippen molar-refractivity contribution in [2.75, 3.05) is 0 Å². The van der Waals surface area contributed by atoms with Gasteiger partial charge in [0, 0.05) is 6.42 Å². The summed E-state index contributed by atoms with van der Waals surface area (Å²) in [7, 11) is 0. The summed E-state index contributed by atoms with van der Waals surface area (Å²) in [6.07, 6.45) is 0.541. The van der Waals surface area contributed by atoms with Crippen molar-refractivity contribution < 1.29 is 9.90 Å². The lowest BCUT2D eigenvalue weighted by Gasteiger charge is -1.86. The number of carbonyl (C=O) groups is 1. The molecule has 0 fully saturated rings. The summed E-state index contributed by atoms with van der Waals surface area (Å²) in [4.78, 5) is 14.0. The maximum Gasteiger partial charge on any atom is 0.311 e. The molecular weight excluding hydrogens is 146 g/mol. The molecule has 0 saturated carbocycles. The lowest BCUT2D eigenvalue weighted by atomic mass is 10.4. The Morgan fingerprint density at radius 3 is 2.73 bits per heavy atom. The normalized spacial score (nSPS) is 15.4. The molecule has 0 aromatic heterocycles. The summed E-state index contributed by atoms with van der Waals surface area (Å²) in [5.41, 5.74) is 3.66. The van der Waals surface area contributed by atoms with Crippen LogP contribution in [0.3, 0.4) is 0 Å². The first-order chi connectivity index (χ1) is 5.22. The number of aliphatic imine (C=N–C) groups is 1. The van der Waals surface area contributed by atoms with Crippen molar-refractivity contribution in [3.8, 4) is 0 Å². The molecule has 0 spiro atoms. The third kappa shape index (κ3) is 2.03. The number of carboxylic acid groups (broad SMARTS) is 1. The molecule has 1 radical (unpaired) electrons. The van der Waals surface area contributed by atoms with Gasteiger partial charge in [0.15, 0.2) is 11.7 Å². The summed E-state index contributed by atoms with van der Waals surface area (Å²) >= 11 is 0. The standard InChI is InChI=1S/C6H8N3O2/c1-2-4-7-5(9-8-4)3-6(10)11/h2-3H2,1H3,(H,10,11). The third-order valence-electron chi connectivity index (χ3n) is 1.16. The number of aliphatic carboxylic acids is 1. The first-order valence-electron chi connectivity index (χ1n) is 3.29. The molecule has 11 heavy (non-hydrogen) atoms. The number of amidine groups is 2. The van der Waals surface area contributed by atoms with E-state index in [0.29, 0.717) is 12.3 Å². The van der Waals surface area contributed by atoms with Crippen molar-refractivity contribution in [2.24, 2.45) is 10.1 Å². The maximum atomic E-state index is 10.2. The van der Waals surface area contributed by atoms with Crippen LogP contribution in [0.4, 0.5) is 0 Å². The Hall–Kier alpha value is -1.39. The van der Waals surface area contributed by atoms with Gasteiger partial charge in [-0.2, -0.15) is 0 Å². The molecule has 1 heterocycles. The van der Waals surface area contributed by atoms with Gasteiger partial charge < -0.3 is 5.11 Å². The van der Waals surface area contributed by atoms with Gasteiger partial charge >= 0.3 is 5.97 Å². The highest BCUT2D eigenvalue weighted by Gasteiger charge is 2.12.